The Morgan fingerprint density at radius 3 is 2.67 bits per heavy atom. The van der Waals surface area contributed by atoms with Gasteiger partial charge in [0.25, 0.3) is 0 Å². The van der Waals surface area contributed by atoms with Crippen LogP contribution in [0.1, 0.15) is 58.8 Å². The van der Waals surface area contributed by atoms with Crippen LogP contribution in [0.25, 0.3) is 0 Å². The zero-order chi connectivity index (χ0) is 17.2. The molecule has 4 aliphatic carbocycles. The Hall–Kier alpha value is -1.20. The Bertz CT molecular complexity index is 653. The Kier molecular flexibility index (Phi) is 3.49. The number of ether oxygens (including phenoxy) is 1. The Balaban J connectivity index is 1.71. The number of hydrogen-bond donors (Lipinski definition) is 1. The normalized spacial score (nSPS) is 49.9. The van der Waals surface area contributed by atoms with Crippen LogP contribution in [-0.4, -0.2) is 17.8 Å². The van der Waals surface area contributed by atoms with Gasteiger partial charge < -0.3 is 9.84 Å². The smallest absolute Gasteiger partial charge is 0.130 e. The van der Waals surface area contributed by atoms with E-state index in [1.54, 1.807) is 7.11 Å². The molecule has 0 heterocycles. The molecular weight excluding hydrogens is 296 g/mol. The van der Waals surface area contributed by atoms with E-state index in [2.05, 4.69) is 31.9 Å². The van der Waals surface area contributed by atoms with Crippen LogP contribution in [0.5, 0.6) is 0 Å². The van der Waals surface area contributed by atoms with Crippen LogP contribution in [0.3, 0.4) is 0 Å². The van der Waals surface area contributed by atoms with Crippen molar-refractivity contribution in [1.82, 2.24) is 0 Å². The summed E-state index contributed by atoms with van der Waals surface area (Å²) >= 11 is 0. The molecule has 0 unspecified atom stereocenters. The summed E-state index contributed by atoms with van der Waals surface area (Å²) in [5.74, 6) is 5.83. The lowest BCUT2D eigenvalue weighted by molar-refractivity contribution is -0.0923. The number of methoxy groups -OCH3 is 1. The van der Waals surface area contributed by atoms with Crippen LogP contribution in [0.15, 0.2) is 23.5 Å². The molecule has 130 valence electrons. The highest BCUT2D eigenvalue weighted by Crippen LogP contribution is 2.66. The van der Waals surface area contributed by atoms with Gasteiger partial charge in [0.15, 0.2) is 0 Å². The lowest BCUT2D eigenvalue weighted by Gasteiger charge is -2.57. The van der Waals surface area contributed by atoms with Gasteiger partial charge in [-0.3, -0.25) is 0 Å². The van der Waals surface area contributed by atoms with Crippen LogP contribution < -0.4 is 0 Å². The van der Waals surface area contributed by atoms with E-state index in [0.29, 0.717) is 17.8 Å². The predicted octanol–water partition coefficient (Wildman–Crippen LogP) is 4.45. The van der Waals surface area contributed by atoms with Gasteiger partial charge in [0.05, 0.1) is 12.9 Å². The van der Waals surface area contributed by atoms with Crippen molar-refractivity contribution in [2.24, 2.45) is 28.6 Å². The Morgan fingerprint density at radius 1 is 1.21 bits per heavy atom. The third kappa shape index (κ3) is 1.88. The standard InChI is InChI=1S/C22H30O2/c1-5-22(23)13-10-19-17-7-6-15-14-16(24-4)8-11-20(15,2)18(17)9-12-21(19,22)3/h1,6,14,17-19,23H,7-13H2,2-4H3/t17-,18+,19+,20+,21+,22+/m1/s1. The highest BCUT2D eigenvalue weighted by atomic mass is 16.5. The fourth-order valence-electron chi connectivity index (χ4n) is 6.71. The second-order valence-electron chi connectivity index (χ2n) is 9.00. The van der Waals surface area contributed by atoms with Gasteiger partial charge in [-0.15, -0.1) is 6.42 Å². The lowest BCUT2D eigenvalue weighted by Crippen LogP contribution is -2.53. The highest BCUT2D eigenvalue weighted by Gasteiger charge is 2.63. The van der Waals surface area contributed by atoms with Crippen LogP contribution in [-0.2, 0) is 4.74 Å². The second kappa shape index (κ2) is 5.15. The van der Waals surface area contributed by atoms with Crippen molar-refractivity contribution in [1.29, 1.82) is 0 Å². The van der Waals surface area contributed by atoms with Crippen molar-refractivity contribution >= 4 is 0 Å². The molecule has 0 aromatic heterocycles. The lowest BCUT2D eigenvalue weighted by atomic mass is 9.47. The molecule has 0 aromatic carbocycles. The van der Waals surface area contributed by atoms with Crippen molar-refractivity contribution in [3.05, 3.63) is 23.5 Å². The molecule has 0 spiro atoms. The van der Waals surface area contributed by atoms with Gasteiger partial charge >= 0.3 is 0 Å². The summed E-state index contributed by atoms with van der Waals surface area (Å²) in [6.45, 7) is 4.72. The van der Waals surface area contributed by atoms with E-state index >= 15 is 0 Å². The van der Waals surface area contributed by atoms with Gasteiger partial charge in [0, 0.05) is 11.8 Å². The summed E-state index contributed by atoms with van der Waals surface area (Å²) in [6, 6.07) is 0. The van der Waals surface area contributed by atoms with E-state index in [1.165, 1.54) is 18.4 Å². The summed E-state index contributed by atoms with van der Waals surface area (Å²) in [6.07, 6.45) is 18.0. The van der Waals surface area contributed by atoms with Gasteiger partial charge in [-0.25, -0.2) is 0 Å². The molecule has 0 amide bonds. The Labute approximate surface area is 146 Å². The Morgan fingerprint density at radius 2 is 1.96 bits per heavy atom. The van der Waals surface area contributed by atoms with E-state index in [1.807, 2.05) is 0 Å². The van der Waals surface area contributed by atoms with Gasteiger partial charge in [-0.2, -0.15) is 0 Å². The number of rotatable bonds is 1. The minimum Gasteiger partial charge on any atom is -0.501 e. The summed E-state index contributed by atoms with van der Waals surface area (Å²) in [5.41, 5.74) is 0.750. The van der Waals surface area contributed by atoms with Crippen LogP contribution in [0, 0.1) is 40.9 Å². The minimum absolute atomic E-state index is 0.104. The van der Waals surface area contributed by atoms with Gasteiger partial charge in [0.2, 0.25) is 0 Å². The fraction of sp³-hybridized carbons (Fsp3) is 0.727. The molecule has 0 saturated heterocycles. The maximum atomic E-state index is 11.0. The van der Waals surface area contributed by atoms with Crippen LogP contribution >= 0.6 is 0 Å². The van der Waals surface area contributed by atoms with Gasteiger partial charge in [0.1, 0.15) is 5.60 Å². The van der Waals surface area contributed by atoms with E-state index in [9.17, 15) is 5.11 Å². The van der Waals surface area contributed by atoms with E-state index in [4.69, 9.17) is 11.2 Å². The molecule has 4 aliphatic rings. The first-order valence-electron chi connectivity index (χ1n) is 9.53. The largest absolute Gasteiger partial charge is 0.501 e. The minimum atomic E-state index is -0.900. The molecule has 0 bridgehead atoms. The quantitative estimate of drug-likeness (QED) is 0.721. The molecule has 2 saturated carbocycles. The number of allylic oxidation sites excluding steroid dienone is 4. The van der Waals surface area contributed by atoms with Crippen molar-refractivity contribution in [3.8, 4) is 12.3 Å². The average molecular weight is 326 g/mol. The fourth-order valence-corrected chi connectivity index (χ4v) is 6.71. The first-order valence-corrected chi connectivity index (χ1v) is 9.53. The molecule has 2 nitrogen and oxygen atoms in total. The molecular formula is C22H30O2. The number of aliphatic hydroxyl groups is 1. The molecule has 2 fully saturated rings. The van der Waals surface area contributed by atoms with Crippen molar-refractivity contribution in [2.45, 2.75) is 64.4 Å². The number of terminal acetylenes is 1. The average Bonchev–Trinajstić information content (AvgIpc) is 2.86. The third-order valence-electron chi connectivity index (χ3n) is 8.38. The van der Waals surface area contributed by atoms with E-state index < -0.39 is 5.60 Å². The predicted molar refractivity (Wildman–Crippen MR) is 96.0 cm³/mol. The van der Waals surface area contributed by atoms with Crippen molar-refractivity contribution in [3.63, 3.8) is 0 Å². The maximum Gasteiger partial charge on any atom is 0.130 e. The molecule has 24 heavy (non-hydrogen) atoms. The summed E-state index contributed by atoms with van der Waals surface area (Å²) in [4.78, 5) is 0. The maximum absolute atomic E-state index is 11.0. The number of hydrogen-bond acceptors (Lipinski definition) is 2. The van der Waals surface area contributed by atoms with E-state index in [0.717, 1.165) is 37.9 Å². The summed E-state index contributed by atoms with van der Waals surface area (Å²) < 4.78 is 5.51. The van der Waals surface area contributed by atoms with E-state index in [-0.39, 0.29) is 10.8 Å². The van der Waals surface area contributed by atoms with Crippen LogP contribution in [0.4, 0.5) is 0 Å². The molecule has 0 radical (unpaired) electrons. The molecule has 0 aliphatic heterocycles. The molecule has 2 heteroatoms. The monoisotopic (exact) mass is 326 g/mol. The first kappa shape index (κ1) is 16.3. The first-order chi connectivity index (χ1) is 11.4. The van der Waals surface area contributed by atoms with Crippen LogP contribution in [0.2, 0.25) is 0 Å². The zero-order valence-electron chi connectivity index (χ0n) is 15.3. The summed E-state index contributed by atoms with van der Waals surface area (Å²) in [7, 11) is 1.78. The third-order valence-corrected chi connectivity index (χ3v) is 8.38. The second-order valence-corrected chi connectivity index (χ2v) is 9.00. The molecule has 6 atom stereocenters. The van der Waals surface area contributed by atoms with Gasteiger partial charge in [-0.1, -0.05) is 25.8 Å². The summed E-state index contributed by atoms with van der Waals surface area (Å²) in [5, 5.41) is 11.0. The molecule has 1 N–H and O–H groups in total. The molecule has 0 aromatic rings. The molecule has 4 rings (SSSR count). The number of fused-ring (bicyclic) bond motifs is 5. The van der Waals surface area contributed by atoms with Gasteiger partial charge in [-0.05, 0) is 73.3 Å². The van der Waals surface area contributed by atoms with Crippen molar-refractivity contribution in [2.75, 3.05) is 7.11 Å². The van der Waals surface area contributed by atoms with Crippen molar-refractivity contribution < 1.29 is 9.84 Å². The highest BCUT2D eigenvalue weighted by molar-refractivity contribution is 5.36. The topological polar surface area (TPSA) is 29.5 Å². The zero-order valence-corrected chi connectivity index (χ0v) is 15.3. The SMILES string of the molecule is C#C[C@]1(O)CC[C@H]2[C@@H]3CC=C4C=C(OC)CC[C@]4(C)[C@H]3CC[C@@]21C.